The number of pyridine rings is 1. The monoisotopic (exact) mass is 468 g/mol. The van der Waals surface area contributed by atoms with Crippen LogP contribution in [0.2, 0.25) is 0 Å². The van der Waals surface area contributed by atoms with E-state index in [1.807, 2.05) is 0 Å². The normalized spacial score (nSPS) is 11.6. The van der Waals surface area contributed by atoms with Gasteiger partial charge in [-0.3, -0.25) is 9.59 Å². The molecule has 10 heteroatoms. The Hall–Kier alpha value is -4.21. The number of para-hydroxylation sites is 1. The molecule has 2 aromatic heterocycles. The van der Waals surface area contributed by atoms with Crippen LogP contribution in [-0.4, -0.2) is 20.0 Å². The fourth-order valence-electron chi connectivity index (χ4n) is 3.74. The van der Waals surface area contributed by atoms with Crippen molar-refractivity contribution in [3.63, 3.8) is 0 Å². The summed E-state index contributed by atoms with van der Waals surface area (Å²) >= 11 is 0. The van der Waals surface area contributed by atoms with Gasteiger partial charge in [-0.05, 0) is 55.8 Å². The van der Waals surface area contributed by atoms with Crippen LogP contribution in [0.25, 0.3) is 16.7 Å². The number of aromatic nitrogens is 3. The molecule has 0 aliphatic heterocycles. The summed E-state index contributed by atoms with van der Waals surface area (Å²) in [4.78, 5) is 43.6. The Bertz CT molecular complexity index is 1520. The van der Waals surface area contributed by atoms with E-state index in [4.69, 9.17) is 0 Å². The molecule has 0 atom stereocenters. The molecule has 2 aromatic carbocycles. The molecule has 34 heavy (non-hydrogen) atoms. The van der Waals surface area contributed by atoms with Crippen LogP contribution in [0.4, 0.5) is 18.9 Å². The number of fused-ring (bicyclic) bond motifs is 1. The van der Waals surface area contributed by atoms with E-state index in [-0.39, 0.29) is 16.7 Å². The fraction of sp³-hybridized carbons (Fsp3) is 0.167. The summed E-state index contributed by atoms with van der Waals surface area (Å²) in [6, 6.07) is 14.3. The molecule has 0 radical (unpaired) electrons. The summed E-state index contributed by atoms with van der Waals surface area (Å²) in [5.74, 6) is -0.824. The van der Waals surface area contributed by atoms with E-state index >= 15 is 0 Å². The molecule has 0 fully saturated rings. The van der Waals surface area contributed by atoms with Crippen LogP contribution < -0.4 is 16.6 Å². The first kappa shape index (κ1) is 23.0. The maximum atomic E-state index is 13.4. The molecule has 0 saturated carbocycles. The molecule has 0 bridgehead atoms. The lowest BCUT2D eigenvalue weighted by Crippen LogP contribution is -2.42. The number of amides is 1. The number of hydrogen-bond acceptors (Lipinski definition) is 4. The summed E-state index contributed by atoms with van der Waals surface area (Å²) < 4.78 is 40.9. The van der Waals surface area contributed by atoms with Gasteiger partial charge < -0.3 is 5.32 Å². The predicted molar refractivity (Wildman–Crippen MR) is 121 cm³/mol. The molecule has 4 rings (SSSR count). The minimum atomic E-state index is -4.58. The van der Waals surface area contributed by atoms with E-state index in [1.54, 1.807) is 50.2 Å². The SMILES string of the molecule is Cc1cc(C)c2c(=O)n(CC(=O)Nc3cccc(C(F)(F)F)c3)c(=O)n(-c3ccccc3)c2n1. The number of rotatable bonds is 4. The lowest BCUT2D eigenvalue weighted by Gasteiger charge is -2.15. The number of aryl methyl sites for hydroxylation is 2. The third-order valence-corrected chi connectivity index (χ3v) is 5.21. The van der Waals surface area contributed by atoms with Gasteiger partial charge in [-0.2, -0.15) is 13.2 Å². The molecule has 0 aliphatic carbocycles. The van der Waals surface area contributed by atoms with Crippen LogP contribution in [0.3, 0.4) is 0 Å². The number of anilines is 1. The maximum absolute atomic E-state index is 13.4. The standard InChI is InChI=1S/C24H19F3N4O3/c1-14-11-15(2)28-21-20(14)22(33)30(23(34)31(21)18-9-4-3-5-10-18)13-19(32)29-17-8-6-7-16(12-17)24(25,26)27/h3-12H,13H2,1-2H3,(H,29,32). The number of benzene rings is 2. The van der Waals surface area contributed by atoms with Gasteiger partial charge in [-0.1, -0.05) is 24.3 Å². The van der Waals surface area contributed by atoms with Gasteiger partial charge in [-0.25, -0.2) is 18.9 Å². The van der Waals surface area contributed by atoms with Gasteiger partial charge in [0.2, 0.25) is 5.91 Å². The van der Waals surface area contributed by atoms with Crippen molar-refractivity contribution in [2.75, 3.05) is 5.32 Å². The van der Waals surface area contributed by atoms with E-state index in [1.165, 1.54) is 10.6 Å². The fourth-order valence-corrected chi connectivity index (χ4v) is 3.74. The number of carbonyl (C=O) groups excluding carboxylic acids is 1. The molecular formula is C24H19F3N4O3. The highest BCUT2D eigenvalue weighted by atomic mass is 19.4. The quantitative estimate of drug-likeness (QED) is 0.494. The van der Waals surface area contributed by atoms with Crippen molar-refractivity contribution >= 4 is 22.6 Å². The highest BCUT2D eigenvalue weighted by Crippen LogP contribution is 2.30. The summed E-state index contributed by atoms with van der Waals surface area (Å²) in [7, 11) is 0. The molecule has 4 aromatic rings. The number of hydrogen-bond donors (Lipinski definition) is 1. The Morgan fingerprint density at radius 2 is 1.71 bits per heavy atom. The van der Waals surface area contributed by atoms with E-state index in [0.717, 1.165) is 22.8 Å². The Morgan fingerprint density at radius 3 is 2.38 bits per heavy atom. The van der Waals surface area contributed by atoms with Gasteiger partial charge in [-0.15, -0.1) is 0 Å². The van der Waals surface area contributed by atoms with E-state index in [2.05, 4.69) is 10.3 Å². The van der Waals surface area contributed by atoms with Gasteiger partial charge in [0, 0.05) is 11.4 Å². The average molecular weight is 468 g/mol. The van der Waals surface area contributed by atoms with Crippen LogP contribution in [0, 0.1) is 13.8 Å². The Kier molecular flexibility index (Phi) is 5.82. The van der Waals surface area contributed by atoms with Crippen molar-refractivity contribution in [3.05, 3.63) is 98.3 Å². The molecule has 0 saturated heterocycles. The van der Waals surface area contributed by atoms with Crippen LogP contribution in [0.15, 0.2) is 70.3 Å². The van der Waals surface area contributed by atoms with Gasteiger partial charge in [0.25, 0.3) is 5.56 Å². The zero-order valence-corrected chi connectivity index (χ0v) is 18.2. The highest BCUT2D eigenvalue weighted by Gasteiger charge is 2.30. The van der Waals surface area contributed by atoms with Crippen LogP contribution in [0.1, 0.15) is 16.8 Å². The van der Waals surface area contributed by atoms with Crippen molar-refractivity contribution in [3.8, 4) is 5.69 Å². The van der Waals surface area contributed by atoms with E-state index in [0.29, 0.717) is 16.9 Å². The molecule has 7 nitrogen and oxygen atoms in total. The summed E-state index contributed by atoms with van der Waals surface area (Å²) in [5.41, 5.74) is -0.757. The largest absolute Gasteiger partial charge is 0.416 e. The molecule has 0 spiro atoms. The minimum Gasteiger partial charge on any atom is -0.325 e. The van der Waals surface area contributed by atoms with E-state index < -0.39 is 35.4 Å². The van der Waals surface area contributed by atoms with Gasteiger partial charge in [0.1, 0.15) is 6.54 Å². The predicted octanol–water partition coefficient (Wildman–Crippen LogP) is 3.82. The number of nitrogens with zero attached hydrogens (tertiary/aromatic N) is 3. The Labute approximate surface area is 191 Å². The van der Waals surface area contributed by atoms with Crippen molar-refractivity contribution in [2.45, 2.75) is 26.6 Å². The Morgan fingerprint density at radius 1 is 1.00 bits per heavy atom. The molecular weight excluding hydrogens is 449 g/mol. The van der Waals surface area contributed by atoms with Crippen molar-refractivity contribution in [1.82, 2.24) is 14.1 Å². The van der Waals surface area contributed by atoms with Crippen molar-refractivity contribution in [1.29, 1.82) is 0 Å². The topological polar surface area (TPSA) is 86.0 Å². The smallest absolute Gasteiger partial charge is 0.325 e. The first-order valence-electron chi connectivity index (χ1n) is 10.2. The first-order chi connectivity index (χ1) is 16.1. The van der Waals surface area contributed by atoms with Crippen LogP contribution >= 0.6 is 0 Å². The number of carbonyl (C=O) groups is 1. The number of halogens is 3. The third-order valence-electron chi connectivity index (χ3n) is 5.21. The highest BCUT2D eigenvalue weighted by molar-refractivity contribution is 5.91. The zero-order valence-electron chi connectivity index (χ0n) is 18.2. The molecule has 1 N–H and O–H groups in total. The molecule has 174 valence electrons. The van der Waals surface area contributed by atoms with Crippen LogP contribution in [0.5, 0.6) is 0 Å². The average Bonchev–Trinajstić information content (AvgIpc) is 2.76. The lowest BCUT2D eigenvalue weighted by atomic mass is 10.1. The molecule has 2 heterocycles. The lowest BCUT2D eigenvalue weighted by molar-refractivity contribution is -0.137. The number of nitrogens with one attached hydrogen (secondary N) is 1. The summed E-state index contributed by atoms with van der Waals surface area (Å²) in [6.45, 7) is 2.75. The van der Waals surface area contributed by atoms with Gasteiger partial charge in [0.05, 0.1) is 16.6 Å². The second kappa shape index (κ2) is 8.62. The van der Waals surface area contributed by atoms with Crippen molar-refractivity contribution in [2.24, 2.45) is 0 Å². The Balaban J connectivity index is 1.82. The zero-order chi connectivity index (χ0) is 24.6. The summed E-state index contributed by atoms with van der Waals surface area (Å²) in [5, 5.41) is 2.49. The summed E-state index contributed by atoms with van der Waals surface area (Å²) in [6.07, 6.45) is -4.58. The molecule has 0 aliphatic rings. The second-order valence-electron chi connectivity index (χ2n) is 7.75. The van der Waals surface area contributed by atoms with Gasteiger partial charge in [0.15, 0.2) is 5.65 Å². The first-order valence-corrected chi connectivity index (χ1v) is 10.2. The number of alkyl halides is 3. The minimum absolute atomic E-state index is 0.106. The molecule has 1 amide bonds. The van der Waals surface area contributed by atoms with Crippen molar-refractivity contribution < 1.29 is 18.0 Å². The second-order valence-corrected chi connectivity index (χ2v) is 7.75. The van der Waals surface area contributed by atoms with Gasteiger partial charge >= 0.3 is 11.9 Å². The maximum Gasteiger partial charge on any atom is 0.416 e. The molecule has 0 unspecified atom stereocenters. The van der Waals surface area contributed by atoms with Crippen LogP contribution in [-0.2, 0) is 17.5 Å². The third kappa shape index (κ3) is 4.34. The van der Waals surface area contributed by atoms with E-state index in [9.17, 15) is 27.6 Å².